The van der Waals surface area contributed by atoms with Crippen molar-refractivity contribution in [3.05, 3.63) is 102 Å². The fourth-order valence-corrected chi connectivity index (χ4v) is 3.79. The van der Waals surface area contributed by atoms with Crippen molar-refractivity contribution < 1.29 is 9.59 Å². The van der Waals surface area contributed by atoms with Gasteiger partial charge in [0, 0.05) is 31.0 Å². The molecule has 0 radical (unpaired) electrons. The average Bonchev–Trinajstić information content (AvgIpc) is 3.21. The van der Waals surface area contributed by atoms with E-state index in [1.165, 1.54) is 4.90 Å². The van der Waals surface area contributed by atoms with E-state index >= 15 is 0 Å². The van der Waals surface area contributed by atoms with Crippen molar-refractivity contribution in [3.63, 3.8) is 0 Å². The number of hydrogen-bond acceptors (Lipinski definition) is 2. The molecule has 3 aromatic carbocycles. The van der Waals surface area contributed by atoms with Gasteiger partial charge >= 0.3 is 5.91 Å². The normalized spacial score (nSPS) is 11.5. The van der Waals surface area contributed by atoms with Crippen LogP contribution in [0.2, 0.25) is 0 Å². The van der Waals surface area contributed by atoms with Crippen LogP contribution in [0.1, 0.15) is 17.2 Å². The van der Waals surface area contributed by atoms with E-state index in [9.17, 15) is 9.59 Å². The number of anilines is 1. The third-order valence-electron chi connectivity index (χ3n) is 5.42. The lowest BCUT2D eigenvalue weighted by molar-refractivity contribution is -0.125. The second-order valence-electron chi connectivity index (χ2n) is 7.51. The largest absolute Gasteiger partial charge is 0.350 e. The number of nitrogens with zero attached hydrogens (tertiary/aromatic N) is 2. The molecule has 4 rings (SSSR count). The molecule has 0 aliphatic rings. The molecule has 4 aromatic rings. The van der Waals surface area contributed by atoms with E-state index in [1.54, 1.807) is 0 Å². The summed E-state index contributed by atoms with van der Waals surface area (Å²) in [6, 6.07) is 25.5. The molecule has 1 atom stereocenters. The minimum atomic E-state index is -0.916. The number of benzene rings is 3. The van der Waals surface area contributed by atoms with Crippen LogP contribution in [-0.4, -0.2) is 16.4 Å². The van der Waals surface area contributed by atoms with E-state index in [-0.39, 0.29) is 5.91 Å². The molecule has 0 saturated heterocycles. The average molecular weight is 422 g/mol. The molecular weight excluding hydrogens is 398 g/mol. The number of carbonyl (C=O) groups excluding carboxylic acids is 2. The number of hydrogen-bond donors (Lipinski definition) is 1. The van der Waals surface area contributed by atoms with Gasteiger partial charge in [0.1, 0.15) is 6.04 Å². The number of fused-ring (bicyclic) bond motifs is 1. The van der Waals surface area contributed by atoms with Gasteiger partial charge in [-0.2, -0.15) is 0 Å². The van der Waals surface area contributed by atoms with Gasteiger partial charge in [-0.15, -0.1) is 6.42 Å². The van der Waals surface area contributed by atoms with Crippen LogP contribution >= 0.6 is 0 Å². The first-order valence-electron chi connectivity index (χ1n) is 10.3. The first-order valence-corrected chi connectivity index (χ1v) is 10.3. The van der Waals surface area contributed by atoms with Crippen molar-refractivity contribution in [3.8, 4) is 12.3 Å². The Hall–Kier alpha value is -4.30. The van der Waals surface area contributed by atoms with Gasteiger partial charge < -0.3 is 9.88 Å². The predicted octanol–water partition coefficient (Wildman–Crippen LogP) is 4.20. The Bertz CT molecular complexity index is 1290. The molecule has 5 heteroatoms. The third-order valence-corrected chi connectivity index (χ3v) is 5.42. The predicted molar refractivity (Wildman–Crippen MR) is 127 cm³/mol. The molecule has 32 heavy (non-hydrogen) atoms. The first kappa shape index (κ1) is 21.0. The Kier molecular flexibility index (Phi) is 6.05. The topological polar surface area (TPSA) is 54.3 Å². The van der Waals surface area contributed by atoms with Crippen LogP contribution in [0.3, 0.4) is 0 Å². The minimum Gasteiger partial charge on any atom is -0.350 e. The maximum Gasteiger partial charge on any atom is 0.303 e. The van der Waals surface area contributed by atoms with Crippen molar-refractivity contribution in [2.75, 3.05) is 4.90 Å². The Morgan fingerprint density at radius 1 is 1.00 bits per heavy atom. The van der Waals surface area contributed by atoms with Crippen LogP contribution in [0.5, 0.6) is 0 Å². The summed E-state index contributed by atoms with van der Waals surface area (Å²) in [7, 11) is 1.93. The summed E-state index contributed by atoms with van der Waals surface area (Å²) in [6.07, 6.45) is 7.48. The van der Waals surface area contributed by atoms with E-state index < -0.39 is 11.9 Å². The molecule has 1 N–H and O–H groups in total. The Morgan fingerprint density at radius 3 is 2.38 bits per heavy atom. The summed E-state index contributed by atoms with van der Waals surface area (Å²) in [5.74, 6) is 1.31. The SMILES string of the molecule is C#CC(=O)N(c1ccc2ccn(C)c2c1)C(C(=O)NCc1ccccc1)c1ccccc1. The van der Waals surface area contributed by atoms with Gasteiger partial charge in [-0.3, -0.25) is 14.5 Å². The van der Waals surface area contributed by atoms with Gasteiger partial charge in [-0.25, -0.2) is 0 Å². The van der Waals surface area contributed by atoms with E-state index in [0.717, 1.165) is 16.5 Å². The zero-order valence-electron chi connectivity index (χ0n) is 17.7. The highest BCUT2D eigenvalue weighted by atomic mass is 16.2. The summed E-state index contributed by atoms with van der Waals surface area (Å²) < 4.78 is 1.96. The molecule has 0 saturated carbocycles. The molecule has 0 spiro atoms. The number of amides is 2. The van der Waals surface area contributed by atoms with E-state index in [4.69, 9.17) is 6.42 Å². The highest BCUT2D eigenvalue weighted by Gasteiger charge is 2.32. The van der Waals surface area contributed by atoms with E-state index in [2.05, 4.69) is 11.2 Å². The van der Waals surface area contributed by atoms with Crippen molar-refractivity contribution in [1.29, 1.82) is 0 Å². The number of nitrogens with one attached hydrogen (secondary N) is 1. The van der Waals surface area contributed by atoms with Crippen molar-refractivity contribution >= 4 is 28.4 Å². The summed E-state index contributed by atoms with van der Waals surface area (Å²) in [5.41, 5.74) is 3.14. The molecule has 1 unspecified atom stereocenters. The van der Waals surface area contributed by atoms with Crippen molar-refractivity contribution in [2.24, 2.45) is 7.05 Å². The number of carbonyl (C=O) groups is 2. The van der Waals surface area contributed by atoms with Gasteiger partial charge in [0.2, 0.25) is 5.91 Å². The van der Waals surface area contributed by atoms with E-state index in [0.29, 0.717) is 17.8 Å². The van der Waals surface area contributed by atoms with Gasteiger partial charge in [-0.05, 0) is 40.6 Å². The van der Waals surface area contributed by atoms with Crippen molar-refractivity contribution in [1.82, 2.24) is 9.88 Å². The highest BCUT2D eigenvalue weighted by molar-refractivity contribution is 6.10. The Balaban J connectivity index is 1.76. The Labute approximate surface area is 187 Å². The van der Waals surface area contributed by atoms with Crippen LogP contribution in [0.25, 0.3) is 10.9 Å². The summed E-state index contributed by atoms with van der Waals surface area (Å²) in [4.78, 5) is 27.8. The molecule has 1 aromatic heterocycles. The molecule has 0 bridgehead atoms. The molecular formula is C27H23N3O2. The zero-order valence-corrected chi connectivity index (χ0v) is 17.7. The second-order valence-corrected chi connectivity index (χ2v) is 7.51. The molecule has 5 nitrogen and oxygen atoms in total. The lowest BCUT2D eigenvalue weighted by Crippen LogP contribution is -2.43. The maximum absolute atomic E-state index is 13.5. The molecule has 0 aliphatic heterocycles. The standard InChI is InChI=1S/C27H23N3O2/c1-3-25(31)30(23-15-14-21-16-17-29(2)24(21)18-23)26(22-12-8-5-9-13-22)27(32)28-19-20-10-6-4-7-11-20/h1,4-18,26H,19H2,2H3,(H,28,32). The zero-order chi connectivity index (χ0) is 22.5. The number of rotatable bonds is 6. The first-order chi connectivity index (χ1) is 15.6. The third kappa shape index (κ3) is 4.26. The molecule has 0 fully saturated rings. The fourth-order valence-electron chi connectivity index (χ4n) is 3.79. The van der Waals surface area contributed by atoms with Gasteiger partial charge in [0.05, 0.1) is 0 Å². The number of terminal acetylenes is 1. The molecule has 0 aliphatic carbocycles. The van der Waals surface area contributed by atoms with Crippen LogP contribution in [0, 0.1) is 12.3 Å². The monoisotopic (exact) mass is 421 g/mol. The summed E-state index contributed by atoms with van der Waals surface area (Å²) in [5, 5.41) is 4.00. The van der Waals surface area contributed by atoms with Crippen LogP contribution in [0.4, 0.5) is 5.69 Å². The lowest BCUT2D eigenvalue weighted by Gasteiger charge is -2.30. The maximum atomic E-state index is 13.5. The number of aryl methyl sites for hydroxylation is 1. The van der Waals surface area contributed by atoms with Crippen LogP contribution in [0.15, 0.2) is 91.1 Å². The smallest absolute Gasteiger partial charge is 0.303 e. The Morgan fingerprint density at radius 2 is 1.69 bits per heavy atom. The van der Waals surface area contributed by atoms with Gasteiger partial charge in [0.15, 0.2) is 0 Å². The fraction of sp³-hybridized carbons (Fsp3) is 0.111. The van der Waals surface area contributed by atoms with Crippen molar-refractivity contribution in [2.45, 2.75) is 12.6 Å². The van der Waals surface area contributed by atoms with Crippen LogP contribution in [-0.2, 0) is 23.2 Å². The minimum absolute atomic E-state index is 0.310. The quantitative estimate of drug-likeness (QED) is 0.475. The lowest BCUT2D eigenvalue weighted by atomic mass is 10.0. The molecule has 1 heterocycles. The second kappa shape index (κ2) is 9.23. The van der Waals surface area contributed by atoms with Crippen LogP contribution < -0.4 is 10.2 Å². The van der Waals surface area contributed by atoms with Gasteiger partial charge in [-0.1, -0.05) is 66.7 Å². The highest BCUT2D eigenvalue weighted by Crippen LogP contribution is 2.31. The number of aromatic nitrogens is 1. The van der Waals surface area contributed by atoms with Gasteiger partial charge in [0.25, 0.3) is 0 Å². The summed E-state index contributed by atoms with van der Waals surface area (Å²) in [6.45, 7) is 0.345. The molecule has 158 valence electrons. The van der Waals surface area contributed by atoms with E-state index in [1.807, 2.05) is 103 Å². The molecule has 2 amide bonds. The summed E-state index contributed by atoms with van der Waals surface area (Å²) >= 11 is 0.